The molecule has 0 radical (unpaired) electrons. The third-order valence-electron chi connectivity index (χ3n) is 2.27. The minimum Gasteiger partial charge on any atom is -0.480 e. The van der Waals surface area contributed by atoms with Crippen LogP contribution in [0, 0.1) is 6.92 Å². The Labute approximate surface area is 115 Å². The molecule has 1 rings (SSSR count). The van der Waals surface area contributed by atoms with Gasteiger partial charge < -0.3 is 15.2 Å². The van der Waals surface area contributed by atoms with Gasteiger partial charge in [0.1, 0.15) is 6.04 Å². The minimum atomic E-state index is -1.08. The van der Waals surface area contributed by atoms with Crippen molar-refractivity contribution in [2.24, 2.45) is 0 Å². The lowest BCUT2D eigenvalue weighted by atomic mass is 10.2. The predicted octanol–water partition coefficient (Wildman–Crippen LogP) is 1.07. The number of nitrogens with one attached hydrogen (secondary N) is 1. The maximum absolute atomic E-state index is 11.6. The van der Waals surface area contributed by atoms with E-state index in [4.69, 9.17) is 9.84 Å². The molecule has 19 heavy (non-hydrogen) atoms. The van der Waals surface area contributed by atoms with E-state index in [2.05, 4.69) is 10.3 Å². The molecule has 1 heterocycles. The van der Waals surface area contributed by atoms with Gasteiger partial charge in [0, 0.05) is 31.6 Å². The molecule has 1 amide bonds. The SMILES string of the molecule is COCCC(NC(=O)C=Cc1csc(C)n1)C(=O)O. The normalized spacial score (nSPS) is 12.5. The number of aliphatic carboxylic acids is 1. The van der Waals surface area contributed by atoms with Crippen LogP contribution in [0.4, 0.5) is 0 Å². The number of hydrogen-bond acceptors (Lipinski definition) is 5. The highest BCUT2D eigenvalue weighted by molar-refractivity contribution is 7.09. The minimum absolute atomic E-state index is 0.223. The van der Waals surface area contributed by atoms with E-state index in [-0.39, 0.29) is 13.0 Å². The van der Waals surface area contributed by atoms with Crippen LogP contribution in [0.1, 0.15) is 17.1 Å². The smallest absolute Gasteiger partial charge is 0.326 e. The Morgan fingerprint density at radius 2 is 2.37 bits per heavy atom. The molecule has 7 heteroatoms. The van der Waals surface area contributed by atoms with Gasteiger partial charge in [0.2, 0.25) is 5.91 Å². The van der Waals surface area contributed by atoms with Gasteiger partial charge in [-0.2, -0.15) is 0 Å². The van der Waals surface area contributed by atoms with Crippen LogP contribution in [0.25, 0.3) is 6.08 Å². The molecule has 104 valence electrons. The van der Waals surface area contributed by atoms with Gasteiger partial charge in [-0.1, -0.05) is 0 Å². The average molecular weight is 284 g/mol. The molecule has 1 aromatic rings. The van der Waals surface area contributed by atoms with Crippen molar-refractivity contribution in [3.8, 4) is 0 Å². The van der Waals surface area contributed by atoms with E-state index in [1.54, 1.807) is 6.08 Å². The van der Waals surface area contributed by atoms with E-state index >= 15 is 0 Å². The summed E-state index contributed by atoms with van der Waals surface area (Å²) in [6, 6.07) is -0.950. The number of amides is 1. The number of carboxylic acid groups (broad SMARTS) is 1. The van der Waals surface area contributed by atoms with Crippen LogP contribution in [0.5, 0.6) is 0 Å². The van der Waals surface area contributed by atoms with E-state index in [0.29, 0.717) is 5.69 Å². The summed E-state index contributed by atoms with van der Waals surface area (Å²) in [6.45, 7) is 2.14. The molecular formula is C12H16N2O4S. The number of carbonyl (C=O) groups excluding carboxylic acids is 1. The predicted molar refractivity (Wildman–Crippen MR) is 71.9 cm³/mol. The number of methoxy groups -OCH3 is 1. The molecule has 1 unspecified atom stereocenters. The molecule has 0 aliphatic carbocycles. The largest absolute Gasteiger partial charge is 0.480 e. The molecule has 0 saturated heterocycles. The first-order valence-electron chi connectivity index (χ1n) is 5.65. The molecular weight excluding hydrogens is 268 g/mol. The fraction of sp³-hybridized carbons (Fsp3) is 0.417. The number of thiazole rings is 1. The van der Waals surface area contributed by atoms with Crippen molar-refractivity contribution in [1.29, 1.82) is 0 Å². The molecule has 0 spiro atoms. The summed E-state index contributed by atoms with van der Waals surface area (Å²) in [5.74, 6) is -1.54. The van der Waals surface area contributed by atoms with Crippen molar-refractivity contribution in [2.75, 3.05) is 13.7 Å². The second kappa shape index (κ2) is 7.65. The van der Waals surface area contributed by atoms with Crippen LogP contribution in [0.15, 0.2) is 11.5 Å². The lowest BCUT2D eigenvalue weighted by Crippen LogP contribution is -2.40. The number of carboxylic acids is 1. The zero-order valence-electron chi connectivity index (χ0n) is 10.8. The van der Waals surface area contributed by atoms with Gasteiger partial charge in [0.25, 0.3) is 0 Å². The van der Waals surface area contributed by atoms with Gasteiger partial charge in [0.05, 0.1) is 10.7 Å². The zero-order chi connectivity index (χ0) is 14.3. The molecule has 0 aliphatic heterocycles. The number of aromatic nitrogens is 1. The number of aryl methyl sites for hydroxylation is 1. The highest BCUT2D eigenvalue weighted by Gasteiger charge is 2.18. The summed E-state index contributed by atoms with van der Waals surface area (Å²) in [7, 11) is 1.48. The molecule has 0 fully saturated rings. The summed E-state index contributed by atoms with van der Waals surface area (Å²) in [4.78, 5) is 26.6. The maximum atomic E-state index is 11.6. The Hall–Kier alpha value is -1.73. The Morgan fingerprint density at radius 3 is 2.89 bits per heavy atom. The third kappa shape index (κ3) is 5.62. The summed E-state index contributed by atoms with van der Waals surface area (Å²) < 4.78 is 4.79. The van der Waals surface area contributed by atoms with Crippen molar-refractivity contribution in [1.82, 2.24) is 10.3 Å². The number of rotatable bonds is 7. The van der Waals surface area contributed by atoms with Gasteiger partial charge in [0.15, 0.2) is 0 Å². The van der Waals surface area contributed by atoms with Crippen LogP contribution in [-0.4, -0.2) is 41.7 Å². The quantitative estimate of drug-likeness (QED) is 0.731. The van der Waals surface area contributed by atoms with E-state index in [0.717, 1.165) is 5.01 Å². The summed E-state index contributed by atoms with van der Waals surface area (Å²) in [6.07, 6.45) is 3.05. The van der Waals surface area contributed by atoms with E-state index in [1.807, 2.05) is 12.3 Å². The Kier molecular flexibility index (Phi) is 6.17. The Morgan fingerprint density at radius 1 is 1.63 bits per heavy atom. The van der Waals surface area contributed by atoms with Crippen LogP contribution in [0.2, 0.25) is 0 Å². The van der Waals surface area contributed by atoms with E-state index in [1.165, 1.54) is 24.5 Å². The van der Waals surface area contributed by atoms with Gasteiger partial charge in [-0.3, -0.25) is 4.79 Å². The molecule has 1 aromatic heterocycles. The second-order valence-electron chi connectivity index (χ2n) is 3.81. The fourth-order valence-electron chi connectivity index (χ4n) is 1.33. The van der Waals surface area contributed by atoms with Gasteiger partial charge >= 0.3 is 5.97 Å². The number of carbonyl (C=O) groups is 2. The average Bonchev–Trinajstić information content (AvgIpc) is 2.77. The maximum Gasteiger partial charge on any atom is 0.326 e. The first kappa shape index (κ1) is 15.3. The van der Waals surface area contributed by atoms with Gasteiger partial charge in [-0.05, 0) is 13.0 Å². The topological polar surface area (TPSA) is 88.5 Å². The van der Waals surface area contributed by atoms with Crippen molar-refractivity contribution < 1.29 is 19.4 Å². The van der Waals surface area contributed by atoms with E-state index in [9.17, 15) is 9.59 Å². The molecule has 0 saturated carbocycles. The van der Waals surface area contributed by atoms with Crippen molar-refractivity contribution in [2.45, 2.75) is 19.4 Å². The molecule has 2 N–H and O–H groups in total. The third-order valence-corrected chi connectivity index (χ3v) is 3.06. The lowest BCUT2D eigenvalue weighted by Gasteiger charge is -2.12. The molecule has 1 atom stereocenters. The van der Waals surface area contributed by atoms with Crippen LogP contribution < -0.4 is 5.32 Å². The molecule has 0 aliphatic rings. The van der Waals surface area contributed by atoms with Crippen molar-refractivity contribution >= 4 is 29.3 Å². The summed E-state index contributed by atoms with van der Waals surface area (Å²) in [5, 5.41) is 14.1. The standard InChI is InChI=1S/C12H16N2O4S/c1-8-13-9(7-19-8)3-4-11(15)14-10(12(16)17)5-6-18-2/h3-4,7,10H,5-6H2,1-2H3,(H,14,15)(H,16,17). The molecule has 6 nitrogen and oxygen atoms in total. The number of ether oxygens (including phenoxy) is 1. The summed E-state index contributed by atoms with van der Waals surface area (Å²) >= 11 is 1.48. The summed E-state index contributed by atoms with van der Waals surface area (Å²) in [5.41, 5.74) is 0.682. The Bertz CT molecular complexity index is 470. The van der Waals surface area contributed by atoms with Crippen LogP contribution >= 0.6 is 11.3 Å². The fourth-order valence-corrected chi connectivity index (χ4v) is 1.91. The first-order valence-corrected chi connectivity index (χ1v) is 6.53. The van der Waals surface area contributed by atoms with Gasteiger partial charge in [-0.15, -0.1) is 11.3 Å². The Balaban J connectivity index is 2.52. The zero-order valence-corrected chi connectivity index (χ0v) is 11.6. The molecule has 0 bridgehead atoms. The highest BCUT2D eigenvalue weighted by atomic mass is 32.1. The van der Waals surface area contributed by atoms with Crippen LogP contribution in [-0.2, 0) is 14.3 Å². The van der Waals surface area contributed by atoms with Crippen molar-refractivity contribution in [3.05, 3.63) is 22.2 Å². The lowest BCUT2D eigenvalue weighted by molar-refractivity contribution is -0.141. The molecule has 0 aromatic carbocycles. The van der Waals surface area contributed by atoms with E-state index < -0.39 is 17.9 Å². The van der Waals surface area contributed by atoms with Gasteiger partial charge in [-0.25, -0.2) is 9.78 Å². The number of hydrogen-bond donors (Lipinski definition) is 2. The monoisotopic (exact) mass is 284 g/mol. The highest BCUT2D eigenvalue weighted by Crippen LogP contribution is 2.09. The second-order valence-corrected chi connectivity index (χ2v) is 4.87. The first-order chi connectivity index (χ1) is 9.02. The van der Waals surface area contributed by atoms with Crippen molar-refractivity contribution in [3.63, 3.8) is 0 Å². The number of nitrogens with zero attached hydrogens (tertiary/aromatic N) is 1. The van der Waals surface area contributed by atoms with Crippen LogP contribution in [0.3, 0.4) is 0 Å².